The van der Waals surface area contributed by atoms with E-state index in [9.17, 15) is 4.21 Å². The first-order valence-electron chi connectivity index (χ1n) is 5.24. The summed E-state index contributed by atoms with van der Waals surface area (Å²) < 4.78 is 11.9. The summed E-state index contributed by atoms with van der Waals surface area (Å²) >= 11 is 0. The zero-order valence-electron chi connectivity index (χ0n) is 8.56. The highest BCUT2D eigenvalue weighted by molar-refractivity contribution is 7.85. The summed E-state index contributed by atoms with van der Waals surface area (Å²) in [4.78, 5) is 7.98. The first-order chi connectivity index (χ1) is 7.36. The molecule has 0 aromatic carbocycles. The topological polar surface area (TPSA) is 54.9 Å². The van der Waals surface area contributed by atoms with Crippen LogP contribution in [0.2, 0.25) is 0 Å². The number of nitrogens with zero attached hydrogens (tertiary/aromatic N) is 2. The molecular formula is C10H15N3OS. The highest BCUT2D eigenvalue weighted by Crippen LogP contribution is 2.10. The molecule has 0 spiro atoms. The van der Waals surface area contributed by atoms with Crippen molar-refractivity contribution in [3.63, 3.8) is 0 Å². The minimum absolute atomic E-state index is 0.376. The molecule has 1 aromatic rings. The van der Waals surface area contributed by atoms with Crippen LogP contribution in [0.1, 0.15) is 19.3 Å². The molecule has 1 N–H and O–H groups in total. The van der Waals surface area contributed by atoms with Crippen molar-refractivity contribution in [1.29, 1.82) is 0 Å². The molecule has 1 saturated heterocycles. The van der Waals surface area contributed by atoms with Gasteiger partial charge in [-0.05, 0) is 19.4 Å². The Morgan fingerprint density at radius 2 is 2.40 bits per heavy atom. The summed E-state index contributed by atoms with van der Waals surface area (Å²) in [6, 6.07) is 0.376. The number of hydrogen-bond donors (Lipinski definition) is 1. The predicted octanol–water partition coefficient (Wildman–Crippen LogP) is 0.726. The molecule has 2 heterocycles. The minimum Gasteiger partial charge on any atom is -0.313 e. The van der Waals surface area contributed by atoms with E-state index in [1.165, 1.54) is 12.8 Å². The molecule has 4 nitrogen and oxygen atoms in total. The lowest BCUT2D eigenvalue weighted by Gasteiger charge is -2.22. The molecular weight excluding hydrogens is 210 g/mol. The molecule has 0 radical (unpaired) electrons. The summed E-state index contributed by atoms with van der Waals surface area (Å²) in [7, 11) is -1.02. The molecule has 0 bridgehead atoms. The molecule has 2 rings (SSSR count). The normalized spacial score (nSPS) is 23.6. The average molecular weight is 225 g/mol. The van der Waals surface area contributed by atoms with Crippen LogP contribution in [-0.2, 0) is 10.8 Å². The molecule has 1 aromatic heterocycles. The summed E-state index contributed by atoms with van der Waals surface area (Å²) in [5, 5.41) is 3.97. The largest absolute Gasteiger partial charge is 0.313 e. The van der Waals surface area contributed by atoms with Crippen molar-refractivity contribution in [1.82, 2.24) is 15.3 Å². The Bertz CT molecular complexity index is 325. The Kier molecular flexibility index (Phi) is 3.80. The lowest BCUT2D eigenvalue weighted by Crippen LogP contribution is -2.38. The van der Waals surface area contributed by atoms with Crippen LogP contribution in [-0.4, -0.2) is 32.5 Å². The van der Waals surface area contributed by atoms with Crippen LogP contribution in [0.5, 0.6) is 0 Å². The van der Waals surface area contributed by atoms with Gasteiger partial charge < -0.3 is 5.32 Å². The molecule has 0 amide bonds. The maximum Gasteiger partial charge on any atom is 0.145 e. The average Bonchev–Trinajstić information content (AvgIpc) is 2.31. The molecule has 82 valence electrons. The summed E-state index contributed by atoms with van der Waals surface area (Å²) in [6.07, 6.45) is 8.34. The van der Waals surface area contributed by atoms with Crippen molar-refractivity contribution in [2.75, 3.05) is 12.3 Å². The van der Waals surface area contributed by atoms with Gasteiger partial charge in [0.2, 0.25) is 0 Å². The summed E-state index contributed by atoms with van der Waals surface area (Å²) in [5.74, 6) is 0.651. The highest BCUT2D eigenvalue weighted by Gasteiger charge is 2.16. The Morgan fingerprint density at radius 1 is 1.47 bits per heavy atom. The zero-order valence-corrected chi connectivity index (χ0v) is 9.37. The van der Waals surface area contributed by atoms with E-state index < -0.39 is 10.8 Å². The Labute approximate surface area is 92.0 Å². The summed E-state index contributed by atoms with van der Waals surface area (Å²) in [5.41, 5.74) is 0. The predicted molar refractivity (Wildman–Crippen MR) is 58.9 cm³/mol. The van der Waals surface area contributed by atoms with Gasteiger partial charge in [0.05, 0.1) is 17.0 Å². The van der Waals surface area contributed by atoms with E-state index in [-0.39, 0.29) is 0 Å². The van der Waals surface area contributed by atoms with E-state index >= 15 is 0 Å². The maximum absolute atomic E-state index is 11.9. The van der Waals surface area contributed by atoms with Crippen molar-refractivity contribution in [2.24, 2.45) is 0 Å². The fourth-order valence-electron chi connectivity index (χ4n) is 1.74. The van der Waals surface area contributed by atoms with Crippen LogP contribution in [0.25, 0.3) is 0 Å². The fourth-order valence-corrected chi connectivity index (χ4v) is 2.91. The van der Waals surface area contributed by atoms with Crippen LogP contribution in [0, 0.1) is 0 Å². The molecule has 0 saturated carbocycles. The molecule has 1 aliphatic heterocycles. The molecule has 1 aliphatic rings. The summed E-state index contributed by atoms with van der Waals surface area (Å²) in [6.45, 7) is 1.04. The van der Waals surface area contributed by atoms with Crippen LogP contribution < -0.4 is 5.32 Å². The van der Waals surface area contributed by atoms with E-state index in [2.05, 4.69) is 15.3 Å². The van der Waals surface area contributed by atoms with Gasteiger partial charge in [0.25, 0.3) is 0 Å². The molecule has 15 heavy (non-hydrogen) atoms. The number of aromatic nitrogens is 2. The number of piperidine rings is 1. The van der Waals surface area contributed by atoms with Gasteiger partial charge in [0, 0.05) is 24.2 Å². The van der Waals surface area contributed by atoms with Gasteiger partial charge in [-0.1, -0.05) is 6.42 Å². The van der Waals surface area contributed by atoms with Crippen molar-refractivity contribution in [2.45, 2.75) is 30.3 Å². The second-order valence-corrected chi connectivity index (χ2v) is 5.15. The van der Waals surface area contributed by atoms with E-state index in [4.69, 9.17) is 0 Å². The van der Waals surface area contributed by atoms with Crippen molar-refractivity contribution in [3.05, 3.63) is 18.6 Å². The van der Waals surface area contributed by atoms with E-state index in [0.29, 0.717) is 16.8 Å². The third kappa shape index (κ3) is 3.07. The smallest absolute Gasteiger partial charge is 0.145 e. The monoisotopic (exact) mass is 225 g/mol. The van der Waals surface area contributed by atoms with E-state index in [0.717, 1.165) is 13.0 Å². The quantitative estimate of drug-likeness (QED) is 0.824. The number of hydrogen-bond acceptors (Lipinski definition) is 4. The number of rotatable bonds is 3. The van der Waals surface area contributed by atoms with Crippen molar-refractivity contribution < 1.29 is 4.21 Å². The van der Waals surface area contributed by atoms with Crippen LogP contribution in [0.4, 0.5) is 0 Å². The van der Waals surface area contributed by atoms with Gasteiger partial charge in [-0.15, -0.1) is 0 Å². The van der Waals surface area contributed by atoms with Gasteiger partial charge in [-0.25, -0.2) is 4.98 Å². The first-order valence-corrected chi connectivity index (χ1v) is 6.56. The van der Waals surface area contributed by atoms with Crippen molar-refractivity contribution in [3.8, 4) is 0 Å². The fraction of sp³-hybridized carbons (Fsp3) is 0.600. The van der Waals surface area contributed by atoms with Gasteiger partial charge >= 0.3 is 0 Å². The van der Waals surface area contributed by atoms with E-state index in [1.807, 2.05) is 0 Å². The second-order valence-electron chi connectivity index (χ2n) is 3.70. The third-order valence-electron chi connectivity index (χ3n) is 2.54. The molecule has 0 aliphatic carbocycles. The van der Waals surface area contributed by atoms with Crippen molar-refractivity contribution >= 4 is 10.8 Å². The van der Waals surface area contributed by atoms with Crippen LogP contribution in [0.15, 0.2) is 23.6 Å². The second kappa shape index (κ2) is 5.32. The Morgan fingerprint density at radius 3 is 3.07 bits per heavy atom. The Balaban J connectivity index is 1.91. The zero-order chi connectivity index (χ0) is 10.5. The third-order valence-corrected chi connectivity index (χ3v) is 3.92. The van der Waals surface area contributed by atoms with Crippen LogP contribution >= 0.6 is 0 Å². The molecule has 2 atom stereocenters. The SMILES string of the molecule is O=[S@](C[C@@H]1CCCCN1)c1cnccn1. The standard InChI is InChI=1S/C10H15N3OS/c14-15(10-7-11-5-6-13-10)8-9-3-1-2-4-12-9/h5-7,9,12H,1-4,8H2/t9-,15+/m0/s1. The van der Waals surface area contributed by atoms with Gasteiger partial charge in [0.1, 0.15) is 5.03 Å². The maximum atomic E-state index is 11.9. The molecule has 0 unspecified atom stereocenters. The lowest BCUT2D eigenvalue weighted by molar-refractivity contribution is 0.427. The highest BCUT2D eigenvalue weighted by atomic mass is 32.2. The molecule has 1 fully saturated rings. The van der Waals surface area contributed by atoms with Gasteiger partial charge in [-0.3, -0.25) is 9.19 Å². The van der Waals surface area contributed by atoms with Gasteiger partial charge in [-0.2, -0.15) is 0 Å². The van der Waals surface area contributed by atoms with Crippen LogP contribution in [0.3, 0.4) is 0 Å². The van der Waals surface area contributed by atoms with E-state index in [1.54, 1.807) is 18.6 Å². The first kappa shape index (κ1) is 10.7. The minimum atomic E-state index is -1.02. The Hall–Kier alpha value is -0.810. The lowest BCUT2D eigenvalue weighted by atomic mass is 10.1. The number of nitrogens with one attached hydrogen (secondary N) is 1. The van der Waals surface area contributed by atoms with Gasteiger partial charge in [0.15, 0.2) is 0 Å². The molecule has 5 heteroatoms.